The minimum Gasteiger partial charge on any atom is -0.357 e. The zero-order valence-corrected chi connectivity index (χ0v) is 20.5. The number of pyridine rings is 1. The van der Waals surface area contributed by atoms with Crippen LogP contribution in [0.1, 0.15) is 19.4 Å². The van der Waals surface area contributed by atoms with E-state index in [1.807, 2.05) is 59.5 Å². The second-order valence-corrected chi connectivity index (χ2v) is 8.33. The monoisotopic (exact) mass is 475 g/mol. The summed E-state index contributed by atoms with van der Waals surface area (Å²) in [5, 5.41) is 2.97. The summed E-state index contributed by atoms with van der Waals surface area (Å²) in [6.07, 6.45) is 3.65. The first-order chi connectivity index (χ1) is 16.9. The largest absolute Gasteiger partial charge is 0.357 e. The topological polar surface area (TPSA) is 78.7 Å². The maximum absolute atomic E-state index is 13.6. The number of hydrogen-bond acceptors (Lipinski definition) is 6. The van der Waals surface area contributed by atoms with E-state index < -0.39 is 0 Å². The first-order valence-corrected chi connectivity index (χ1v) is 11.7. The highest BCUT2D eigenvalue weighted by Gasteiger charge is 2.19. The highest BCUT2D eigenvalue weighted by Crippen LogP contribution is 2.32. The van der Waals surface area contributed by atoms with Crippen LogP contribution in [0, 0.1) is 5.82 Å². The van der Waals surface area contributed by atoms with Crippen molar-refractivity contribution in [2.75, 3.05) is 39.0 Å². The molecule has 4 rings (SSSR count). The number of amides is 1. The van der Waals surface area contributed by atoms with Crippen LogP contribution in [0.3, 0.4) is 0 Å². The molecule has 3 heterocycles. The quantitative estimate of drug-likeness (QED) is 0.395. The summed E-state index contributed by atoms with van der Waals surface area (Å²) in [5.41, 5.74) is 4.76. The lowest BCUT2D eigenvalue weighted by Crippen LogP contribution is -2.38. The molecular weight excluding hydrogens is 445 g/mol. The minimum absolute atomic E-state index is 0.115. The molecule has 1 N–H and O–H groups in total. The standard InChI is InChI=1S/C26H30FN7O/c1-5-33(6-2)23(35)17-32(4)16-18-12-14-34-22(15-18)31-24(19-7-9-20(27)10-8-19)25(34)21-11-13-29-26(28-3)30-21/h7-15H,5-6,16-17H2,1-4H3,(H,28,29,30). The molecule has 0 fully saturated rings. The summed E-state index contributed by atoms with van der Waals surface area (Å²) in [5.74, 6) is 0.311. The van der Waals surface area contributed by atoms with Crippen LogP contribution in [-0.4, -0.2) is 68.8 Å². The average Bonchev–Trinajstić information content (AvgIpc) is 3.24. The molecule has 3 aromatic heterocycles. The molecule has 0 atom stereocenters. The Morgan fingerprint density at radius 2 is 1.83 bits per heavy atom. The van der Waals surface area contributed by atoms with Crippen molar-refractivity contribution in [2.45, 2.75) is 20.4 Å². The number of fused-ring (bicyclic) bond motifs is 1. The number of nitrogens with zero attached hydrogens (tertiary/aromatic N) is 6. The number of hydrogen-bond donors (Lipinski definition) is 1. The van der Waals surface area contributed by atoms with Crippen LogP contribution < -0.4 is 5.32 Å². The van der Waals surface area contributed by atoms with Crippen molar-refractivity contribution in [3.63, 3.8) is 0 Å². The maximum atomic E-state index is 13.6. The van der Waals surface area contributed by atoms with Gasteiger partial charge in [0.15, 0.2) is 0 Å². The number of likely N-dealkylation sites (N-methyl/N-ethyl adjacent to an activating group) is 2. The van der Waals surface area contributed by atoms with E-state index in [4.69, 9.17) is 4.98 Å². The normalized spacial score (nSPS) is 11.3. The molecule has 0 spiro atoms. The number of imidazole rings is 1. The van der Waals surface area contributed by atoms with Crippen LogP contribution in [0.5, 0.6) is 0 Å². The Kier molecular flexibility index (Phi) is 7.36. The Morgan fingerprint density at radius 1 is 1.09 bits per heavy atom. The zero-order valence-electron chi connectivity index (χ0n) is 20.5. The molecule has 0 bridgehead atoms. The van der Waals surface area contributed by atoms with E-state index in [-0.39, 0.29) is 11.7 Å². The van der Waals surface area contributed by atoms with Crippen molar-refractivity contribution >= 4 is 17.5 Å². The number of halogens is 1. The second kappa shape index (κ2) is 10.6. The molecular formula is C26H30FN7O. The first kappa shape index (κ1) is 24.3. The fourth-order valence-electron chi connectivity index (χ4n) is 4.12. The van der Waals surface area contributed by atoms with Gasteiger partial charge in [0.2, 0.25) is 11.9 Å². The summed E-state index contributed by atoms with van der Waals surface area (Å²) >= 11 is 0. The van der Waals surface area contributed by atoms with E-state index in [0.717, 1.165) is 22.5 Å². The second-order valence-electron chi connectivity index (χ2n) is 8.33. The van der Waals surface area contributed by atoms with Gasteiger partial charge in [-0.2, -0.15) is 0 Å². The Balaban J connectivity index is 1.72. The zero-order chi connectivity index (χ0) is 24.9. The van der Waals surface area contributed by atoms with Crippen LogP contribution in [0.2, 0.25) is 0 Å². The lowest BCUT2D eigenvalue weighted by atomic mass is 10.1. The predicted molar refractivity (Wildman–Crippen MR) is 135 cm³/mol. The molecule has 9 heteroatoms. The molecule has 0 radical (unpaired) electrons. The summed E-state index contributed by atoms with van der Waals surface area (Å²) in [6.45, 7) is 6.34. The van der Waals surface area contributed by atoms with Gasteiger partial charge in [0.25, 0.3) is 0 Å². The van der Waals surface area contributed by atoms with Crippen molar-refractivity contribution in [3.05, 3.63) is 66.2 Å². The fraction of sp³-hybridized carbons (Fsp3) is 0.308. The average molecular weight is 476 g/mol. The smallest absolute Gasteiger partial charge is 0.236 e. The van der Waals surface area contributed by atoms with Crippen molar-refractivity contribution in [1.82, 2.24) is 29.2 Å². The number of anilines is 1. The Labute approximate surface area is 204 Å². The molecule has 35 heavy (non-hydrogen) atoms. The summed E-state index contributed by atoms with van der Waals surface area (Å²) in [7, 11) is 3.70. The maximum Gasteiger partial charge on any atom is 0.236 e. The van der Waals surface area contributed by atoms with E-state index >= 15 is 0 Å². The number of carbonyl (C=O) groups is 1. The molecule has 0 aliphatic heterocycles. The summed E-state index contributed by atoms with van der Waals surface area (Å²) in [4.78, 5) is 30.0. The van der Waals surface area contributed by atoms with Crippen molar-refractivity contribution in [3.8, 4) is 22.6 Å². The molecule has 0 saturated carbocycles. The molecule has 8 nitrogen and oxygen atoms in total. The molecule has 0 aliphatic rings. The first-order valence-electron chi connectivity index (χ1n) is 11.7. The van der Waals surface area contributed by atoms with Gasteiger partial charge in [0.1, 0.15) is 11.5 Å². The van der Waals surface area contributed by atoms with Gasteiger partial charge in [0.05, 0.1) is 23.6 Å². The van der Waals surface area contributed by atoms with Crippen LogP contribution in [0.4, 0.5) is 10.3 Å². The summed E-state index contributed by atoms with van der Waals surface area (Å²) < 4.78 is 15.6. The number of carbonyl (C=O) groups excluding carboxylic acids is 1. The van der Waals surface area contributed by atoms with Crippen LogP contribution in [-0.2, 0) is 11.3 Å². The number of benzene rings is 1. The predicted octanol–water partition coefficient (Wildman–Crippen LogP) is 3.94. The van der Waals surface area contributed by atoms with E-state index in [2.05, 4.69) is 15.3 Å². The van der Waals surface area contributed by atoms with E-state index in [1.54, 1.807) is 25.4 Å². The number of rotatable bonds is 9. The fourth-order valence-corrected chi connectivity index (χ4v) is 4.12. The van der Waals surface area contributed by atoms with E-state index in [0.29, 0.717) is 43.5 Å². The summed E-state index contributed by atoms with van der Waals surface area (Å²) in [6, 6.07) is 12.1. The van der Waals surface area contributed by atoms with Crippen LogP contribution in [0.15, 0.2) is 54.9 Å². The molecule has 1 aromatic carbocycles. The van der Waals surface area contributed by atoms with Gasteiger partial charge in [-0.25, -0.2) is 19.3 Å². The Bertz CT molecular complexity index is 1320. The minimum atomic E-state index is -0.303. The molecule has 0 saturated heterocycles. The van der Waals surface area contributed by atoms with Gasteiger partial charge < -0.3 is 10.2 Å². The van der Waals surface area contributed by atoms with E-state index in [1.165, 1.54) is 12.1 Å². The SMILES string of the molecule is CCN(CC)C(=O)CN(C)Cc1ccn2c(-c3ccnc(NC)n3)c(-c3ccc(F)cc3)nc2c1. The molecule has 0 unspecified atom stereocenters. The van der Waals surface area contributed by atoms with Gasteiger partial charge in [-0.05, 0) is 68.9 Å². The third kappa shape index (κ3) is 5.30. The number of aromatic nitrogens is 4. The molecule has 182 valence electrons. The van der Waals surface area contributed by atoms with Crippen LogP contribution in [0.25, 0.3) is 28.3 Å². The highest BCUT2D eigenvalue weighted by atomic mass is 19.1. The van der Waals surface area contributed by atoms with Crippen LogP contribution >= 0.6 is 0 Å². The van der Waals surface area contributed by atoms with Crippen molar-refractivity contribution in [1.29, 1.82) is 0 Å². The molecule has 4 aromatic rings. The lowest BCUT2D eigenvalue weighted by Gasteiger charge is -2.23. The lowest BCUT2D eigenvalue weighted by molar-refractivity contribution is -0.131. The van der Waals surface area contributed by atoms with Crippen molar-refractivity contribution < 1.29 is 9.18 Å². The van der Waals surface area contributed by atoms with E-state index in [9.17, 15) is 9.18 Å². The Hall–Kier alpha value is -3.85. The molecule has 0 aliphatic carbocycles. The highest BCUT2D eigenvalue weighted by molar-refractivity contribution is 5.81. The third-order valence-electron chi connectivity index (χ3n) is 5.90. The molecule has 1 amide bonds. The number of nitrogens with one attached hydrogen (secondary N) is 1. The van der Waals surface area contributed by atoms with Crippen molar-refractivity contribution in [2.24, 2.45) is 0 Å². The third-order valence-corrected chi connectivity index (χ3v) is 5.90. The van der Waals surface area contributed by atoms with Gasteiger partial charge >= 0.3 is 0 Å². The van der Waals surface area contributed by atoms with Gasteiger partial charge in [-0.1, -0.05) is 0 Å². The van der Waals surface area contributed by atoms with Gasteiger partial charge in [-0.15, -0.1) is 0 Å². The van der Waals surface area contributed by atoms with Gasteiger partial charge in [0, 0.05) is 44.6 Å². The van der Waals surface area contributed by atoms with Gasteiger partial charge in [-0.3, -0.25) is 14.1 Å². The Morgan fingerprint density at radius 3 is 2.51 bits per heavy atom.